The van der Waals surface area contributed by atoms with Crippen molar-refractivity contribution in [3.63, 3.8) is 0 Å². The molecule has 6 heteroatoms. The van der Waals surface area contributed by atoms with Crippen molar-refractivity contribution in [2.24, 2.45) is 0 Å². The minimum atomic E-state index is -0.282. The lowest BCUT2D eigenvalue weighted by Gasteiger charge is -2.09. The fourth-order valence-corrected chi connectivity index (χ4v) is 2.23. The number of carbonyl (C=O) groups is 1. The van der Waals surface area contributed by atoms with Crippen LogP contribution in [0, 0.1) is 0 Å². The molecular formula is C16H17N3O3. The zero-order valence-electron chi connectivity index (χ0n) is 12.4. The van der Waals surface area contributed by atoms with Gasteiger partial charge in [-0.05, 0) is 31.2 Å². The van der Waals surface area contributed by atoms with Crippen LogP contribution in [0.3, 0.4) is 0 Å². The van der Waals surface area contributed by atoms with Gasteiger partial charge in [0.25, 0.3) is 5.91 Å². The molecule has 0 radical (unpaired) electrons. The van der Waals surface area contributed by atoms with Crippen LogP contribution in [-0.2, 0) is 11.3 Å². The minimum absolute atomic E-state index is 0.254. The number of hydrogen-bond acceptors (Lipinski definition) is 4. The smallest absolute Gasteiger partial charge is 0.287 e. The number of nitrogens with zero attached hydrogens (tertiary/aromatic N) is 1. The van der Waals surface area contributed by atoms with E-state index in [0.717, 1.165) is 11.0 Å². The normalized spacial score (nSPS) is 12.5. The molecule has 6 nitrogen and oxygen atoms in total. The van der Waals surface area contributed by atoms with Gasteiger partial charge < -0.3 is 19.5 Å². The number of aromatic nitrogens is 2. The second-order valence-electron chi connectivity index (χ2n) is 5.03. The molecule has 114 valence electrons. The van der Waals surface area contributed by atoms with Gasteiger partial charge in [0.1, 0.15) is 18.2 Å². The van der Waals surface area contributed by atoms with Crippen LogP contribution in [0.5, 0.6) is 0 Å². The summed E-state index contributed by atoms with van der Waals surface area (Å²) in [6, 6.07) is 10.8. The van der Waals surface area contributed by atoms with Gasteiger partial charge in [0.05, 0.1) is 17.1 Å². The lowest BCUT2D eigenvalue weighted by molar-refractivity contribution is 0.0901. The Hall–Kier alpha value is -2.60. The summed E-state index contributed by atoms with van der Waals surface area (Å²) >= 11 is 0. The zero-order chi connectivity index (χ0) is 15.5. The largest absolute Gasteiger partial charge is 0.453 e. The maximum Gasteiger partial charge on any atom is 0.287 e. The predicted octanol–water partition coefficient (Wildman–Crippen LogP) is 2.79. The molecule has 0 aliphatic heterocycles. The van der Waals surface area contributed by atoms with Crippen molar-refractivity contribution in [2.45, 2.75) is 19.6 Å². The van der Waals surface area contributed by atoms with Crippen LogP contribution < -0.4 is 5.32 Å². The number of amides is 1. The van der Waals surface area contributed by atoms with Gasteiger partial charge in [-0.3, -0.25) is 4.79 Å². The Balaban J connectivity index is 1.72. The highest BCUT2D eigenvalue weighted by atomic mass is 16.5. The Kier molecular flexibility index (Phi) is 3.93. The average molecular weight is 299 g/mol. The number of H-pyrrole nitrogens is 1. The maximum absolute atomic E-state index is 12.2. The van der Waals surface area contributed by atoms with Crippen LogP contribution in [0.2, 0.25) is 0 Å². The van der Waals surface area contributed by atoms with Gasteiger partial charge in [0.15, 0.2) is 5.76 Å². The zero-order valence-corrected chi connectivity index (χ0v) is 12.4. The number of aromatic amines is 1. The predicted molar refractivity (Wildman–Crippen MR) is 81.4 cm³/mol. The van der Waals surface area contributed by atoms with E-state index in [1.807, 2.05) is 31.2 Å². The highest BCUT2D eigenvalue weighted by molar-refractivity contribution is 5.91. The molecule has 1 unspecified atom stereocenters. The third-order valence-electron chi connectivity index (χ3n) is 3.34. The Bertz CT molecular complexity index is 758. The summed E-state index contributed by atoms with van der Waals surface area (Å²) in [7, 11) is 1.58. The number of hydrogen-bond donors (Lipinski definition) is 2. The molecule has 1 atom stereocenters. The van der Waals surface area contributed by atoms with Gasteiger partial charge in [0, 0.05) is 7.11 Å². The number of rotatable bonds is 5. The van der Waals surface area contributed by atoms with Crippen molar-refractivity contribution < 1.29 is 13.9 Å². The molecule has 1 aromatic carbocycles. The third kappa shape index (κ3) is 2.87. The van der Waals surface area contributed by atoms with Gasteiger partial charge in [-0.25, -0.2) is 4.98 Å². The molecule has 3 rings (SSSR count). The number of fused-ring (bicyclic) bond motifs is 1. The standard InChI is InChI=1S/C16H17N3O3/c1-10(15-18-12-5-3-4-6-13(12)19-15)17-16(20)14-8-7-11(22-14)9-21-2/h3-8,10H,9H2,1-2H3,(H,17,20)(H,18,19). The Labute approximate surface area is 127 Å². The first-order chi connectivity index (χ1) is 10.7. The molecule has 3 aromatic rings. The second-order valence-corrected chi connectivity index (χ2v) is 5.03. The van der Waals surface area contributed by atoms with Gasteiger partial charge in [-0.2, -0.15) is 0 Å². The van der Waals surface area contributed by atoms with Crippen molar-refractivity contribution >= 4 is 16.9 Å². The van der Waals surface area contributed by atoms with E-state index in [4.69, 9.17) is 9.15 Å². The number of carbonyl (C=O) groups excluding carboxylic acids is 1. The molecule has 0 spiro atoms. The molecule has 2 N–H and O–H groups in total. The first kappa shape index (κ1) is 14.3. The Morgan fingerprint density at radius 3 is 2.95 bits per heavy atom. The summed E-state index contributed by atoms with van der Waals surface area (Å²) in [5, 5.41) is 2.86. The lowest BCUT2D eigenvalue weighted by Crippen LogP contribution is -2.27. The van der Waals surface area contributed by atoms with Crippen LogP contribution in [0.1, 0.15) is 35.1 Å². The van der Waals surface area contributed by atoms with Crippen molar-refractivity contribution in [3.05, 3.63) is 53.7 Å². The first-order valence-corrected chi connectivity index (χ1v) is 7.00. The molecule has 0 saturated heterocycles. The van der Waals surface area contributed by atoms with Gasteiger partial charge in [-0.1, -0.05) is 12.1 Å². The van der Waals surface area contributed by atoms with Crippen LogP contribution in [0.25, 0.3) is 11.0 Å². The molecule has 0 fully saturated rings. The molecular weight excluding hydrogens is 282 g/mol. The number of furan rings is 1. The molecule has 2 aromatic heterocycles. The molecule has 0 aliphatic carbocycles. The number of para-hydroxylation sites is 2. The molecule has 0 saturated carbocycles. The van der Waals surface area contributed by atoms with E-state index in [0.29, 0.717) is 18.2 Å². The van der Waals surface area contributed by atoms with Gasteiger partial charge >= 0.3 is 0 Å². The summed E-state index contributed by atoms with van der Waals surface area (Å²) in [5.41, 5.74) is 1.82. The number of ether oxygens (including phenoxy) is 1. The van der Waals surface area contributed by atoms with Gasteiger partial charge in [0.2, 0.25) is 0 Å². The topological polar surface area (TPSA) is 80.1 Å². The SMILES string of the molecule is COCc1ccc(C(=O)NC(C)c2nc3ccccc3[nH]2)o1. The maximum atomic E-state index is 12.2. The summed E-state index contributed by atoms with van der Waals surface area (Å²) in [4.78, 5) is 19.8. The quantitative estimate of drug-likeness (QED) is 0.759. The van der Waals surface area contributed by atoms with E-state index in [1.165, 1.54) is 0 Å². The fourth-order valence-electron chi connectivity index (χ4n) is 2.23. The number of nitrogens with one attached hydrogen (secondary N) is 2. The number of methoxy groups -OCH3 is 1. The van der Waals surface area contributed by atoms with Crippen molar-refractivity contribution in [1.29, 1.82) is 0 Å². The average Bonchev–Trinajstić information content (AvgIpc) is 3.13. The highest BCUT2D eigenvalue weighted by Gasteiger charge is 2.17. The second kappa shape index (κ2) is 6.03. The summed E-state index contributed by atoms with van der Waals surface area (Å²) in [6.45, 7) is 2.21. The minimum Gasteiger partial charge on any atom is -0.453 e. The van der Waals surface area contributed by atoms with E-state index in [-0.39, 0.29) is 17.7 Å². The van der Waals surface area contributed by atoms with E-state index in [2.05, 4.69) is 15.3 Å². The van der Waals surface area contributed by atoms with E-state index in [1.54, 1.807) is 19.2 Å². The van der Waals surface area contributed by atoms with Crippen molar-refractivity contribution in [2.75, 3.05) is 7.11 Å². The summed E-state index contributed by atoms with van der Waals surface area (Å²) in [6.07, 6.45) is 0. The van der Waals surface area contributed by atoms with Crippen LogP contribution in [0.4, 0.5) is 0 Å². The monoisotopic (exact) mass is 299 g/mol. The Morgan fingerprint density at radius 2 is 2.18 bits per heavy atom. The van der Waals surface area contributed by atoms with Crippen LogP contribution in [0.15, 0.2) is 40.8 Å². The number of imidazole rings is 1. The highest BCUT2D eigenvalue weighted by Crippen LogP contribution is 2.16. The number of benzene rings is 1. The van der Waals surface area contributed by atoms with Crippen molar-refractivity contribution in [3.8, 4) is 0 Å². The van der Waals surface area contributed by atoms with Crippen LogP contribution in [-0.4, -0.2) is 23.0 Å². The van der Waals surface area contributed by atoms with E-state index < -0.39 is 0 Å². The van der Waals surface area contributed by atoms with Gasteiger partial charge in [-0.15, -0.1) is 0 Å². The van der Waals surface area contributed by atoms with E-state index >= 15 is 0 Å². The summed E-state index contributed by atoms with van der Waals surface area (Å²) in [5.74, 6) is 1.30. The van der Waals surface area contributed by atoms with Crippen LogP contribution >= 0.6 is 0 Å². The first-order valence-electron chi connectivity index (χ1n) is 7.00. The molecule has 2 heterocycles. The van der Waals surface area contributed by atoms with E-state index in [9.17, 15) is 4.79 Å². The Morgan fingerprint density at radius 1 is 1.36 bits per heavy atom. The molecule has 0 aliphatic rings. The molecule has 22 heavy (non-hydrogen) atoms. The fraction of sp³-hybridized carbons (Fsp3) is 0.250. The summed E-state index contributed by atoms with van der Waals surface area (Å²) < 4.78 is 10.4. The third-order valence-corrected chi connectivity index (χ3v) is 3.34. The van der Waals surface area contributed by atoms with Crippen molar-refractivity contribution in [1.82, 2.24) is 15.3 Å². The molecule has 0 bridgehead atoms. The lowest BCUT2D eigenvalue weighted by atomic mass is 10.3. The molecule has 1 amide bonds.